The van der Waals surface area contributed by atoms with Crippen LogP contribution in [0.5, 0.6) is 0 Å². The maximum atomic E-state index is 5.49. The molecule has 0 aliphatic carbocycles. The van der Waals surface area contributed by atoms with Gasteiger partial charge in [-0.15, -0.1) is 0 Å². The topological polar surface area (TPSA) is 42.3 Å². The summed E-state index contributed by atoms with van der Waals surface area (Å²) in [6.07, 6.45) is 0. The Labute approximate surface area is 103 Å². The molecule has 1 aromatic rings. The summed E-state index contributed by atoms with van der Waals surface area (Å²) in [5, 5.41) is 7.75. The first-order chi connectivity index (χ1) is 8.15. The molecule has 1 aliphatic heterocycles. The van der Waals surface area contributed by atoms with Crippen LogP contribution in [0.3, 0.4) is 0 Å². The zero-order valence-electron chi connectivity index (χ0n) is 11.2. The lowest BCUT2D eigenvalue weighted by molar-refractivity contribution is 0.0980. The quantitative estimate of drug-likeness (QED) is 0.840. The Hall–Kier alpha value is -1.07. The number of aryl methyl sites for hydroxylation is 2. The molecule has 5 nitrogen and oxygen atoms in total. The third-order valence-corrected chi connectivity index (χ3v) is 3.31. The van der Waals surface area contributed by atoms with Gasteiger partial charge in [-0.1, -0.05) is 0 Å². The van der Waals surface area contributed by atoms with E-state index in [4.69, 9.17) is 4.74 Å². The number of aromatic nitrogens is 2. The van der Waals surface area contributed by atoms with E-state index in [-0.39, 0.29) is 0 Å². The molecule has 1 unspecified atom stereocenters. The van der Waals surface area contributed by atoms with Crippen LogP contribution >= 0.6 is 0 Å². The summed E-state index contributed by atoms with van der Waals surface area (Å²) in [7, 11) is 3.99. The van der Waals surface area contributed by atoms with Crippen molar-refractivity contribution >= 4 is 5.82 Å². The van der Waals surface area contributed by atoms with Gasteiger partial charge in [0.25, 0.3) is 0 Å². The Morgan fingerprint density at radius 1 is 1.53 bits per heavy atom. The van der Waals surface area contributed by atoms with Crippen LogP contribution in [0.4, 0.5) is 5.82 Å². The van der Waals surface area contributed by atoms with Gasteiger partial charge in [-0.2, -0.15) is 5.10 Å². The second-order valence-corrected chi connectivity index (χ2v) is 4.66. The van der Waals surface area contributed by atoms with Crippen LogP contribution in [0.25, 0.3) is 0 Å². The summed E-state index contributed by atoms with van der Waals surface area (Å²) < 4.78 is 7.48. The van der Waals surface area contributed by atoms with Crippen molar-refractivity contribution < 1.29 is 4.74 Å². The molecule has 1 fully saturated rings. The molecule has 17 heavy (non-hydrogen) atoms. The van der Waals surface area contributed by atoms with Gasteiger partial charge in [-0.3, -0.25) is 4.68 Å². The molecule has 1 N–H and O–H groups in total. The van der Waals surface area contributed by atoms with Crippen molar-refractivity contribution in [3.8, 4) is 0 Å². The number of hydrogen-bond acceptors (Lipinski definition) is 4. The van der Waals surface area contributed by atoms with Gasteiger partial charge in [-0.05, 0) is 20.9 Å². The van der Waals surface area contributed by atoms with Crippen LogP contribution in [0.15, 0.2) is 0 Å². The number of nitrogens with one attached hydrogen (secondary N) is 1. The molecule has 0 amide bonds. The van der Waals surface area contributed by atoms with Crippen LogP contribution in [0.2, 0.25) is 0 Å². The van der Waals surface area contributed by atoms with Crippen LogP contribution < -0.4 is 10.2 Å². The lowest BCUT2D eigenvalue weighted by Crippen LogP contribution is -2.45. The van der Waals surface area contributed by atoms with E-state index in [0.717, 1.165) is 32.0 Å². The minimum Gasteiger partial charge on any atom is -0.377 e. The van der Waals surface area contributed by atoms with E-state index in [2.05, 4.69) is 29.2 Å². The zero-order valence-corrected chi connectivity index (χ0v) is 11.2. The summed E-state index contributed by atoms with van der Waals surface area (Å²) in [5.41, 5.74) is 2.40. The SMILES string of the molecule is CNCc1c(C)nn(C)c1N1CCOCC1C. The highest BCUT2D eigenvalue weighted by Crippen LogP contribution is 2.26. The maximum Gasteiger partial charge on any atom is 0.131 e. The first-order valence-electron chi connectivity index (χ1n) is 6.16. The van der Waals surface area contributed by atoms with Crippen LogP contribution in [-0.4, -0.2) is 42.6 Å². The fourth-order valence-corrected chi connectivity index (χ4v) is 2.47. The highest BCUT2D eigenvalue weighted by Gasteiger charge is 2.25. The molecule has 0 aromatic carbocycles. The van der Waals surface area contributed by atoms with Crippen LogP contribution in [0.1, 0.15) is 18.2 Å². The fraction of sp³-hybridized carbons (Fsp3) is 0.750. The number of nitrogens with zero attached hydrogens (tertiary/aromatic N) is 3. The van der Waals surface area contributed by atoms with E-state index >= 15 is 0 Å². The Morgan fingerprint density at radius 3 is 2.94 bits per heavy atom. The van der Waals surface area contributed by atoms with Gasteiger partial charge in [-0.25, -0.2) is 0 Å². The summed E-state index contributed by atoms with van der Waals surface area (Å²) >= 11 is 0. The van der Waals surface area contributed by atoms with Crippen molar-refractivity contribution in [1.82, 2.24) is 15.1 Å². The molecule has 0 saturated carbocycles. The van der Waals surface area contributed by atoms with E-state index in [1.54, 1.807) is 0 Å². The molecule has 1 atom stereocenters. The van der Waals surface area contributed by atoms with Crippen molar-refractivity contribution in [2.45, 2.75) is 26.4 Å². The first-order valence-corrected chi connectivity index (χ1v) is 6.16. The van der Waals surface area contributed by atoms with Gasteiger partial charge in [0.1, 0.15) is 5.82 Å². The highest BCUT2D eigenvalue weighted by atomic mass is 16.5. The number of rotatable bonds is 3. The van der Waals surface area contributed by atoms with Crippen LogP contribution in [-0.2, 0) is 18.3 Å². The second-order valence-electron chi connectivity index (χ2n) is 4.66. The average molecular weight is 238 g/mol. The van der Waals surface area contributed by atoms with E-state index in [1.807, 2.05) is 18.8 Å². The molecular formula is C12H22N4O. The third kappa shape index (κ3) is 2.30. The molecule has 0 radical (unpaired) electrons. The molecule has 2 rings (SSSR count). The van der Waals surface area contributed by atoms with Gasteiger partial charge in [0.05, 0.1) is 24.9 Å². The lowest BCUT2D eigenvalue weighted by atomic mass is 10.2. The summed E-state index contributed by atoms with van der Waals surface area (Å²) in [6, 6.07) is 0.411. The van der Waals surface area contributed by atoms with E-state index in [0.29, 0.717) is 6.04 Å². The maximum absolute atomic E-state index is 5.49. The number of ether oxygens (including phenoxy) is 1. The lowest BCUT2D eigenvalue weighted by Gasteiger charge is -2.35. The Bertz CT molecular complexity index is 388. The molecule has 1 aliphatic rings. The fourth-order valence-electron chi connectivity index (χ4n) is 2.47. The van der Waals surface area contributed by atoms with Crippen molar-refractivity contribution in [1.29, 1.82) is 0 Å². The smallest absolute Gasteiger partial charge is 0.131 e. The molecule has 1 saturated heterocycles. The van der Waals surface area contributed by atoms with Gasteiger partial charge in [0, 0.05) is 25.7 Å². The summed E-state index contributed by atoms with van der Waals surface area (Å²) in [4.78, 5) is 2.40. The normalized spacial score (nSPS) is 20.9. The van der Waals surface area contributed by atoms with Crippen LogP contribution in [0, 0.1) is 6.92 Å². The Balaban J connectivity index is 2.35. The molecular weight excluding hydrogens is 216 g/mol. The van der Waals surface area contributed by atoms with Gasteiger partial charge < -0.3 is 15.0 Å². The number of anilines is 1. The van der Waals surface area contributed by atoms with Crippen molar-refractivity contribution in [3.05, 3.63) is 11.3 Å². The third-order valence-electron chi connectivity index (χ3n) is 3.31. The van der Waals surface area contributed by atoms with E-state index in [1.165, 1.54) is 11.4 Å². The van der Waals surface area contributed by atoms with Crippen molar-refractivity contribution in [2.24, 2.45) is 7.05 Å². The van der Waals surface area contributed by atoms with Gasteiger partial charge >= 0.3 is 0 Å². The average Bonchev–Trinajstić information content (AvgIpc) is 2.56. The highest BCUT2D eigenvalue weighted by molar-refractivity contribution is 5.51. The van der Waals surface area contributed by atoms with E-state index in [9.17, 15) is 0 Å². The minimum absolute atomic E-state index is 0.411. The van der Waals surface area contributed by atoms with Gasteiger partial charge in [0.2, 0.25) is 0 Å². The van der Waals surface area contributed by atoms with Gasteiger partial charge in [0.15, 0.2) is 0 Å². The van der Waals surface area contributed by atoms with Crippen molar-refractivity contribution in [2.75, 3.05) is 31.7 Å². The number of morpholine rings is 1. The molecule has 2 heterocycles. The largest absolute Gasteiger partial charge is 0.377 e. The molecule has 0 bridgehead atoms. The summed E-state index contributed by atoms with van der Waals surface area (Å²) in [5.74, 6) is 1.23. The molecule has 5 heteroatoms. The predicted molar refractivity (Wildman–Crippen MR) is 68.3 cm³/mol. The first kappa shape index (κ1) is 12.4. The number of hydrogen-bond donors (Lipinski definition) is 1. The zero-order chi connectivity index (χ0) is 12.4. The summed E-state index contributed by atoms with van der Waals surface area (Å²) in [6.45, 7) is 7.67. The monoisotopic (exact) mass is 238 g/mol. The standard InChI is InChI=1S/C12H22N4O/c1-9-8-17-6-5-16(9)12-11(7-13-3)10(2)14-15(12)4/h9,13H,5-8H2,1-4H3. The minimum atomic E-state index is 0.411. The Morgan fingerprint density at radius 2 is 2.29 bits per heavy atom. The predicted octanol–water partition coefficient (Wildman–Crippen LogP) is 0.673. The molecule has 0 spiro atoms. The second kappa shape index (κ2) is 5.06. The molecule has 1 aromatic heterocycles. The Kier molecular flexibility index (Phi) is 3.69. The van der Waals surface area contributed by atoms with E-state index < -0.39 is 0 Å². The van der Waals surface area contributed by atoms with Crippen molar-refractivity contribution in [3.63, 3.8) is 0 Å². The molecule has 96 valence electrons.